The maximum Gasteiger partial charge on any atom is 0.122 e. The van der Waals surface area contributed by atoms with Gasteiger partial charge in [0.1, 0.15) is 17.2 Å². The zero-order chi connectivity index (χ0) is 14.7. The number of nitrogens with one attached hydrogen (secondary N) is 1. The number of rotatable bonds is 4. The smallest absolute Gasteiger partial charge is 0.122 e. The minimum absolute atomic E-state index is 0.123. The Labute approximate surface area is 126 Å². The van der Waals surface area contributed by atoms with Gasteiger partial charge in [0.15, 0.2) is 0 Å². The fourth-order valence-corrected chi connectivity index (χ4v) is 2.45. The van der Waals surface area contributed by atoms with E-state index in [0.29, 0.717) is 5.56 Å². The van der Waals surface area contributed by atoms with Crippen molar-refractivity contribution in [3.05, 3.63) is 46.4 Å². The Balaban J connectivity index is 2.25. The molecule has 0 aliphatic carbocycles. The molecule has 106 valence electrons. The number of phenolic OH excluding ortho intramolecular Hbond substituents is 2. The molecule has 2 aromatic rings. The van der Waals surface area contributed by atoms with Gasteiger partial charge in [-0.05, 0) is 37.3 Å². The monoisotopic (exact) mass is 337 g/mol. The van der Waals surface area contributed by atoms with Gasteiger partial charge in [-0.2, -0.15) is 0 Å². The van der Waals surface area contributed by atoms with E-state index in [2.05, 4.69) is 21.2 Å². The molecule has 2 rings (SSSR count). The second-order valence-corrected chi connectivity index (χ2v) is 5.40. The van der Waals surface area contributed by atoms with Crippen LogP contribution in [0.1, 0.15) is 18.5 Å². The van der Waals surface area contributed by atoms with Crippen LogP contribution in [0.15, 0.2) is 40.9 Å². The quantitative estimate of drug-likeness (QED) is 0.737. The number of hydrogen-bond acceptors (Lipinski definition) is 4. The van der Waals surface area contributed by atoms with Crippen LogP contribution in [-0.2, 0) is 0 Å². The number of anilines is 1. The third kappa shape index (κ3) is 3.36. The Morgan fingerprint density at radius 1 is 1.15 bits per heavy atom. The summed E-state index contributed by atoms with van der Waals surface area (Å²) in [6, 6.07) is 9.95. The van der Waals surface area contributed by atoms with Gasteiger partial charge in [0, 0.05) is 21.8 Å². The first-order valence-electron chi connectivity index (χ1n) is 6.12. The van der Waals surface area contributed by atoms with Gasteiger partial charge in [-0.1, -0.05) is 15.9 Å². The van der Waals surface area contributed by atoms with Crippen molar-refractivity contribution in [2.75, 3.05) is 12.4 Å². The summed E-state index contributed by atoms with van der Waals surface area (Å²) in [5, 5.41) is 22.6. The van der Waals surface area contributed by atoms with E-state index >= 15 is 0 Å². The molecule has 3 N–H and O–H groups in total. The van der Waals surface area contributed by atoms with Crippen LogP contribution in [0, 0.1) is 0 Å². The maximum absolute atomic E-state index is 9.85. The summed E-state index contributed by atoms with van der Waals surface area (Å²) in [6.07, 6.45) is 0. The maximum atomic E-state index is 9.85. The summed E-state index contributed by atoms with van der Waals surface area (Å²) in [5.74, 6) is 0.997. The molecule has 0 saturated heterocycles. The highest BCUT2D eigenvalue weighted by Gasteiger charge is 2.12. The highest BCUT2D eigenvalue weighted by atomic mass is 79.9. The average molecular weight is 338 g/mol. The highest BCUT2D eigenvalue weighted by molar-refractivity contribution is 9.10. The number of methoxy groups -OCH3 is 1. The molecule has 0 fully saturated rings. The molecule has 4 nitrogen and oxygen atoms in total. The molecule has 20 heavy (non-hydrogen) atoms. The number of benzene rings is 2. The normalized spacial score (nSPS) is 11.9. The first-order chi connectivity index (χ1) is 9.49. The Morgan fingerprint density at radius 2 is 1.90 bits per heavy atom. The minimum atomic E-state index is -0.166. The average Bonchev–Trinajstić information content (AvgIpc) is 2.40. The molecule has 0 aromatic heterocycles. The van der Waals surface area contributed by atoms with Gasteiger partial charge >= 0.3 is 0 Å². The van der Waals surface area contributed by atoms with E-state index in [4.69, 9.17) is 4.74 Å². The zero-order valence-corrected chi connectivity index (χ0v) is 12.8. The zero-order valence-electron chi connectivity index (χ0n) is 11.2. The number of aromatic hydroxyl groups is 2. The molecule has 0 amide bonds. The molecule has 0 aliphatic rings. The lowest BCUT2D eigenvalue weighted by Gasteiger charge is -2.18. The molecule has 0 heterocycles. The van der Waals surface area contributed by atoms with Crippen LogP contribution in [0.3, 0.4) is 0 Å². The number of phenols is 2. The third-order valence-electron chi connectivity index (χ3n) is 2.97. The van der Waals surface area contributed by atoms with Crippen molar-refractivity contribution in [3.8, 4) is 17.2 Å². The Morgan fingerprint density at radius 3 is 2.60 bits per heavy atom. The van der Waals surface area contributed by atoms with Gasteiger partial charge in [-0.3, -0.25) is 0 Å². The van der Waals surface area contributed by atoms with Gasteiger partial charge in [0.2, 0.25) is 0 Å². The largest absolute Gasteiger partial charge is 0.508 e. The standard InChI is InChI=1S/C15H16BrNO3/c1-9(14-8-12(18)3-4-15(14)19)17-11-5-10(16)6-13(7-11)20-2/h3-9,17-19H,1-2H3. The van der Waals surface area contributed by atoms with Crippen LogP contribution in [0.25, 0.3) is 0 Å². The molecule has 0 bridgehead atoms. The summed E-state index contributed by atoms with van der Waals surface area (Å²) in [5.41, 5.74) is 1.48. The summed E-state index contributed by atoms with van der Waals surface area (Å²) >= 11 is 3.42. The molecule has 0 radical (unpaired) electrons. The fraction of sp³-hybridized carbons (Fsp3) is 0.200. The van der Waals surface area contributed by atoms with Crippen molar-refractivity contribution < 1.29 is 14.9 Å². The molecule has 0 aliphatic heterocycles. The highest BCUT2D eigenvalue weighted by Crippen LogP contribution is 2.32. The van der Waals surface area contributed by atoms with Crippen LogP contribution in [0.5, 0.6) is 17.2 Å². The first-order valence-corrected chi connectivity index (χ1v) is 6.92. The van der Waals surface area contributed by atoms with E-state index in [1.807, 2.05) is 25.1 Å². The van der Waals surface area contributed by atoms with Crippen molar-refractivity contribution in [1.29, 1.82) is 0 Å². The minimum Gasteiger partial charge on any atom is -0.508 e. The van der Waals surface area contributed by atoms with Gasteiger partial charge in [0.25, 0.3) is 0 Å². The predicted molar refractivity (Wildman–Crippen MR) is 82.5 cm³/mol. The molecule has 5 heteroatoms. The molecular weight excluding hydrogens is 322 g/mol. The van der Waals surface area contributed by atoms with E-state index in [0.717, 1.165) is 15.9 Å². The van der Waals surface area contributed by atoms with E-state index in [9.17, 15) is 10.2 Å². The predicted octanol–water partition coefficient (Wildman–Crippen LogP) is 4.04. The van der Waals surface area contributed by atoms with E-state index in [1.54, 1.807) is 13.2 Å². The van der Waals surface area contributed by atoms with E-state index in [1.165, 1.54) is 12.1 Å². The van der Waals surface area contributed by atoms with Gasteiger partial charge in [-0.15, -0.1) is 0 Å². The van der Waals surface area contributed by atoms with Crippen molar-refractivity contribution >= 4 is 21.6 Å². The summed E-state index contributed by atoms with van der Waals surface area (Å²) in [6.45, 7) is 1.90. The lowest BCUT2D eigenvalue weighted by Crippen LogP contribution is -2.07. The molecule has 0 saturated carbocycles. The van der Waals surface area contributed by atoms with Gasteiger partial charge in [-0.25, -0.2) is 0 Å². The second kappa shape index (κ2) is 6.05. The Hall–Kier alpha value is -1.88. The van der Waals surface area contributed by atoms with Crippen molar-refractivity contribution in [2.45, 2.75) is 13.0 Å². The molecule has 2 aromatic carbocycles. The van der Waals surface area contributed by atoms with Crippen molar-refractivity contribution in [2.24, 2.45) is 0 Å². The summed E-state index contributed by atoms with van der Waals surface area (Å²) < 4.78 is 6.10. The van der Waals surface area contributed by atoms with E-state index in [-0.39, 0.29) is 17.5 Å². The number of hydrogen-bond donors (Lipinski definition) is 3. The van der Waals surface area contributed by atoms with E-state index < -0.39 is 0 Å². The van der Waals surface area contributed by atoms with Crippen LogP contribution < -0.4 is 10.1 Å². The third-order valence-corrected chi connectivity index (χ3v) is 3.43. The van der Waals surface area contributed by atoms with Crippen LogP contribution >= 0.6 is 15.9 Å². The molecular formula is C15H16BrNO3. The summed E-state index contributed by atoms with van der Waals surface area (Å²) in [7, 11) is 1.61. The SMILES string of the molecule is COc1cc(Br)cc(NC(C)c2cc(O)ccc2O)c1. The Kier molecular flexibility index (Phi) is 4.39. The lowest BCUT2D eigenvalue weighted by molar-refractivity contribution is 0.414. The molecule has 1 atom stereocenters. The molecule has 0 spiro atoms. The van der Waals surface area contributed by atoms with Crippen molar-refractivity contribution in [3.63, 3.8) is 0 Å². The van der Waals surface area contributed by atoms with Crippen LogP contribution in [0.4, 0.5) is 5.69 Å². The Bertz CT molecular complexity index is 616. The van der Waals surface area contributed by atoms with Crippen molar-refractivity contribution in [1.82, 2.24) is 0 Å². The number of ether oxygens (including phenoxy) is 1. The fourth-order valence-electron chi connectivity index (χ4n) is 1.98. The number of halogens is 1. The van der Waals surface area contributed by atoms with Gasteiger partial charge < -0.3 is 20.3 Å². The lowest BCUT2D eigenvalue weighted by atomic mass is 10.1. The first kappa shape index (κ1) is 14.5. The molecule has 1 unspecified atom stereocenters. The van der Waals surface area contributed by atoms with Crippen LogP contribution in [-0.4, -0.2) is 17.3 Å². The summed E-state index contributed by atoms with van der Waals surface area (Å²) in [4.78, 5) is 0. The van der Waals surface area contributed by atoms with Crippen LogP contribution in [0.2, 0.25) is 0 Å². The topological polar surface area (TPSA) is 61.7 Å². The van der Waals surface area contributed by atoms with Gasteiger partial charge in [0.05, 0.1) is 13.2 Å². The second-order valence-electron chi connectivity index (χ2n) is 4.49.